The van der Waals surface area contributed by atoms with Crippen LogP contribution in [-0.2, 0) is 16.0 Å². The molecule has 2 aromatic carbocycles. The van der Waals surface area contributed by atoms with Crippen molar-refractivity contribution in [1.82, 2.24) is 5.32 Å². The Morgan fingerprint density at radius 1 is 1.12 bits per heavy atom. The second-order valence-electron chi connectivity index (χ2n) is 5.15. The maximum Gasteiger partial charge on any atom is 0.328 e. The van der Waals surface area contributed by atoms with Crippen molar-refractivity contribution in [2.24, 2.45) is 0 Å². The molecular weight excluding hydrogens is 310 g/mol. The molecule has 6 heteroatoms. The zero-order valence-corrected chi connectivity index (χ0v) is 13.5. The molecular formula is C18H19NO5. The number of nitrogens with one attached hydrogen (secondary N) is 1. The molecule has 1 atom stereocenters. The summed E-state index contributed by atoms with van der Waals surface area (Å²) in [5.41, 5.74) is 1.11. The third kappa shape index (κ3) is 4.49. The second-order valence-corrected chi connectivity index (χ2v) is 5.15. The maximum absolute atomic E-state index is 12.3. The van der Waals surface area contributed by atoms with Gasteiger partial charge in [0.05, 0.1) is 14.2 Å². The number of carbonyl (C=O) groups is 2. The number of hydrogen-bond acceptors (Lipinski definition) is 5. The van der Waals surface area contributed by atoms with Crippen LogP contribution in [0.25, 0.3) is 0 Å². The van der Waals surface area contributed by atoms with Gasteiger partial charge in [-0.25, -0.2) is 4.79 Å². The van der Waals surface area contributed by atoms with Crippen molar-refractivity contribution in [1.29, 1.82) is 0 Å². The number of carbonyl (C=O) groups excluding carboxylic acids is 2. The number of amides is 1. The number of aromatic hydroxyl groups is 1. The van der Waals surface area contributed by atoms with Crippen molar-refractivity contribution in [2.45, 2.75) is 12.5 Å². The third-order valence-electron chi connectivity index (χ3n) is 3.50. The lowest BCUT2D eigenvalue weighted by atomic mass is 10.0. The van der Waals surface area contributed by atoms with Crippen LogP contribution >= 0.6 is 0 Å². The Morgan fingerprint density at radius 2 is 1.83 bits per heavy atom. The topological polar surface area (TPSA) is 84.9 Å². The van der Waals surface area contributed by atoms with E-state index in [9.17, 15) is 14.7 Å². The largest absolute Gasteiger partial charge is 0.508 e. The molecule has 126 valence electrons. The minimum Gasteiger partial charge on any atom is -0.508 e. The lowest BCUT2D eigenvalue weighted by Crippen LogP contribution is -2.43. The number of rotatable bonds is 6. The van der Waals surface area contributed by atoms with E-state index in [1.807, 2.05) is 12.1 Å². The average Bonchev–Trinajstić information content (AvgIpc) is 2.61. The molecule has 0 saturated heterocycles. The van der Waals surface area contributed by atoms with E-state index in [0.29, 0.717) is 5.75 Å². The standard InChI is InChI=1S/C18H19NO5/c1-23-15-8-6-12(7-9-15)10-16(18(22)24-2)19-17(21)13-4-3-5-14(20)11-13/h3-9,11,16,20H,10H2,1-2H3,(H,19,21)/t16-/m1/s1. The Labute approximate surface area is 140 Å². The van der Waals surface area contributed by atoms with E-state index in [1.165, 1.54) is 19.2 Å². The summed E-state index contributed by atoms with van der Waals surface area (Å²) in [4.78, 5) is 24.2. The molecule has 0 saturated carbocycles. The SMILES string of the molecule is COC(=O)[C@@H](Cc1ccc(OC)cc1)NC(=O)c1cccc(O)c1. The number of esters is 1. The maximum atomic E-state index is 12.3. The highest BCUT2D eigenvalue weighted by atomic mass is 16.5. The van der Waals surface area contributed by atoms with Gasteiger partial charge in [0.15, 0.2) is 0 Å². The first-order valence-electron chi connectivity index (χ1n) is 7.34. The molecule has 2 N–H and O–H groups in total. The van der Waals surface area contributed by atoms with E-state index in [2.05, 4.69) is 5.32 Å². The smallest absolute Gasteiger partial charge is 0.328 e. The van der Waals surface area contributed by atoms with Crippen LogP contribution in [-0.4, -0.2) is 37.2 Å². The Morgan fingerprint density at radius 3 is 2.42 bits per heavy atom. The van der Waals surface area contributed by atoms with Crippen molar-refractivity contribution in [3.63, 3.8) is 0 Å². The second kappa shape index (κ2) is 8.01. The molecule has 0 aliphatic carbocycles. The molecule has 0 heterocycles. The van der Waals surface area contributed by atoms with Gasteiger partial charge in [0.2, 0.25) is 0 Å². The van der Waals surface area contributed by atoms with Crippen LogP contribution in [0.3, 0.4) is 0 Å². The van der Waals surface area contributed by atoms with Crippen molar-refractivity contribution in [3.8, 4) is 11.5 Å². The molecule has 0 bridgehead atoms. The van der Waals surface area contributed by atoms with Crippen molar-refractivity contribution < 1.29 is 24.2 Å². The van der Waals surface area contributed by atoms with E-state index >= 15 is 0 Å². The number of hydrogen-bond donors (Lipinski definition) is 2. The van der Waals surface area contributed by atoms with Gasteiger partial charge >= 0.3 is 5.97 Å². The van der Waals surface area contributed by atoms with Gasteiger partial charge < -0.3 is 19.9 Å². The van der Waals surface area contributed by atoms with Gasteiger partial charge in [0.25, 0.3) is 5.91 Å². The Bertz CT molecular complexity index is 712. The van der Waals surface area contributed by atoms with Gasteiger partial charge in [0, 0.05) is 12.0 Å². The molecule has 0 spiro atoms. The summed E-state index contributed by atoms with van der Waals surface area (Å²) in [5.74, 6) is -0.321. The molecule has 0 aromatic heterocycles. The molecule has 24 heavy (non-hydrogen) atoms. The normalized spacial score (nSPS) is 11.4. The van der Waals surface area contributed by atoms with Gasteiger partial charge in [-0.2, -0.15) is 0 Å². The number of ether oxygens (including phenoxy) is 2. The highest BCUT2D eigenvalue weighted by Gasteiger charge is 2.22. The van der Waals surface area contributed by atoms with Crippen LogP contribution in [0.4, 0.5) is 0 Å². The summed E-state index contributed by atoms with van der Waals surface area (Å²) in [5, 5.41) is 12.1. The number of benzene rings is 2. The first-order valence-corrected chi connectivity index (χ1v) is 7.34. The molecule has 0 radical (unpaired) electrons. The number of phenols is 1. The molecule has 0 aliphatic rings. The monoisotopic (exact) mass is 329 g/mol. The average molecular weight is 329 g/mol. The zero-order valence-electron chi connectivity index (χ0n) is 13.5. The Hall–Kier alpha value is -3.02. The van der Waals surface area contributed by atoms with Crippen LogP contribution in [0.1, 0.15) is 15.9 Å². The van der Waals surface area contributed by atoms with Gasteiger partial charge in [-0.05, 0) is 35.9 Å². The molecule has 0 aliphatic heterocycles. The summed E-state index contributed by atoms with van der Waals surface area (Å²) in [6, 6.07) is 12.3. The number of methoxy groups -OCH3 is 2. The fraction of sp³-hybridized carbons (Fsp3) is 0.222. The van der Waals surface area contributed by atoms with Crippen LogP contribution < -0.4 is 10.1 Å². The van der Waals surface area contributed by atoms with E-state index in [-0.39, 0.29) is 17.7 Å². The fourth-order valence-corrected chi connectivity index (χ4v) is 2.22. The number of phenolic OH excluding ortho intramolecular Hbond substituents is 1. The van der Waals surface area contributed by atoms with Crippen molar-refractivity contribution >= 4 is 11.9 Å². The first kappa shape index (κ1) is 17.3. The van der Waals surface area contributed by atoms with E-state index in [1.54, 1.807) is 31.4 Å². The molecule has 0 unspecified atom stereocenters. The molecule has 2 aromatic rings. The van der Waals surface area contributed by atoms with Crippen LogP contribution in [0, 0.1) is 0 Å². The Balaban J connectivity index is 2.12. The molecule has 1 amide bonds. The fourth-order valence-electron chi connectivity index (χ4n) is 2.22. The van der Waals surface area contributed by atoms with Gasteiger partial charge in [-0.1, -0.05) is 18.2 Å². The van der Waals surface area contributed by atoms with Gasteiger partial charge in [-0.15, -0.1) is 0 Å². The lowest BCUT2D eigenvalue weighted by molar-refractivity contribution is -0.142. The van der Waals surface area contributed by atoms with E-state index in [4.69, 9.17) is 9.47 Å². The molecule has 0 fully saturated rings. The van der Waals surface area contributed by atoms with Gasteiger partial charge in [-0.3, -0.25) is 4.79 Å². The quantitative estimate of drug-likeness (QED) is 0.791. The van der Waals surface area contributed by atoms with Crippen LogP contribution in [0.2, 0.25) is 0 Å². The minimum atomic E-state index is -0.835. The van der Waals surface area contributed by atoms with Crippen LogP contribution in [0.5, 0.6) is 11.5 Å². The predicted molar refractivity (Wildman–Crippen MR) is 88.1 cm³/mol. The zero-order chi connectivity index (χ0) is 17.5. The van der Waals surface area contributed by atoms with Crippen molar-refractivity contribution in [2.75, 3.05) is 14.2 Å². The van der Waals surface area contributed by atoms with Crippen molar-refractivity contribution in [3.05, 3.63) is 59.7 Å². The summed E-state index contributed by atoms with van der Waals surface area (Å²) in [6.07, 6.45) is 0.279. The summed E-state index contributed by atoms with van der Waals surface area (Å²) in [7, 11) is 2.84. The van der Waals surface area contributed by atoms with Gasteiger partial charge in [0.1, 0.15) is 17.5 Å². The van der Waals surface area contributed by atoms with E-state index in [0.717, 1.165) is 5.56 Å². The molecule has 6 nitrogen and oxygen atoms in total. The highest BCUT2D eigenvalue weighted by molar-refractivity contribution is 5.97. The summed E-state index contributed by atoms with van der Waals surface area (Å²) < 4.78 is 9.85. The summed E-state index contributed by atoms with van der Waals surface area (Å²) >= 11 is 0. The first-order chi connectivity index (χ1) is 11.5. The van der Waals surface area contributed by atoms with Crippen LogP contribution in [0.15, 0.2) is 48.5 Å². The van der Waals surface area contributed by atoms with E-state index < -0.39 is 17.9 Å². The summed E-state index contributed by atoms with van der Waals surface area (Å²) in [6.45, 7) is 0. The highest BCUT2D eigenvalue weighted by Crippen LogP contribution is 2.14. The third-order valence-corrected chi connectivity index (χ3v) is 3.50. The molecule has 2 rings (SSSR count). The minimum absolute atomic E-state index is 0.0209. The lowest BCUT2D eigenvalue weighted by Gasteiger charge is -2.17. The Kier molecular flexibility index (Phi) is 5.78. The predicted octanol–water partition coefficient (Wildman–Crippen LogP) is 1.91.